The number of aliphatic hydroxyl groups excluding tert-OH is 1. The number of halogens is 3. The summed E-state index contributed by atoms with van der Waals surface area (Å²) in [5.74, 6) is 4.46. The number of rotatable bonds is 2. The molecule has 0 fully saturated rings. The summed E-state index contributed by atoms with van der Waals surface area (Å²) < 4.78 is 36.7. The summed E-state index contributed by atoms with van der Waals surface area (Å²) in [6, 6.07) is 4.45. The Morgan fingerprint density at radius 3 is 2.55 bits per heavy atom. The van der Waals surface area contributed by atoms with E-state index in [4.69, 9.17) is 5.11 Å². The summed E-state index contributed by atoms with van der Waals surface area (Å²) in [4.78, 5) is 12.5. The van der Waals surface area contributed by atoms with E-state index in [1.165, 1.54) is 12.1 Å². The average Bonchev–Trinajstić information content (AvgIpc) is 2.34. The molecule has 1 aromatic rings. The summed E-state index contributed by atoms with van der Waals surface area (Å²) in [6.07, 6.45) is -4.42. The van der Waals surface area contributed by atoms with Crippen LogP contribution < -0.4 is 0 Å². The van der Waals surface area contributed by atoms with Gasteiger partial charge in [0.15, 0.2) is 0 Å². The summed E-state index contributed by atoms with van der Waals surface area (Å²) in [6.45, 7) is 0.118. The second-order valence-electron chi connectivity index (χ2n) is 4.27. The third-order valence-corrected chi connectivity index (χ3v) is 2.54. The van der Waals surface area contributed by atoms with Crippen LogP contribution in [0.15, 0.2) is 18.2 Å². The molecule has 1 rings (SSSR count). The minimum atomic E-state index is -4.42. The van der Waals surface area contributed by atoms with E-state index in [1.54, 1.807) is 13.0 Å². The zero-order chi connectivity index (χ0) is 15.3. The maximum absolute atomic E-state index is 12.2. The van der Waals surface area contributed by atoms with Crippen LogP contribution in [0, 0.1) is 18.8 Å². The maximum Gasteiger partial charge on any atom is 0.406 e. The largest absolute Gasteiger partial charge is 0.406 e. The first-order valence-electron chi connectivity index (χ1n) is 5.77. The fraction of sp³-hybridized carbons (Fsp3) is 0.357. The Hall–Kier alpha value is -2.00. The monoisotopic (exact) mass is 285 g/mol. The molecule has 0 aliphatic heterocycles. The summed E-state index contributed by atoms with van der Waals surface area (Å²) >= 11 is 0. The van der Waals surface area contributed by atoms with E-state index in [-0.39, 0.29) is 12.2 Å². The molecule has 20 heavy (non-hydrogen) atoms. The fourth-order valence-corrected chi connectivity index (χ4v) is 1.63. The average molecular weight is 285 g/mol. The quantitative estimate of drug-likeness (QED) is 0.844. The Balaban J connectivity index is 2.92. The van der Waals surface area contributed by atoms with Gasteiger partial charge in [-0.15, -0.1) is 0 Å². The lowest BCUT2D eigenvalue weighted by Gasteiger charge is -2.19. The van der Waals surface area contributed by atoms with Gasteiger partial charge in [0.1, 0.15) is 13.2 Å². The summed E-state index contributed by atoms with van der Waals surface area (Å²) in [7, 11) is 1.10. The first-order valence-corrected chi connectivity index (χ1v) is 5.77. The van der Waals surface area contributed by atoms with E-state index in [2.05, 4.69) is 11.8 Å². The first-order chi connectivity index (χ1) is 9.24. The third kappa shape index (κ3) is 4.59. The number of hydrogen-bond acceptors (Lipinski definition) is 2. The van der Waals surface area contributed by atoms with Crippen molar-refractivity contribution in [1.29, 1.82) is 0 Å². The van der Waals surface area contributed by atoms with Crippen molar-refractivity contribution in [3.05, 3.63) is 34.9 Å². The van der Waals surface area contributed by atoms with E-state index in [0.29, 0.717) is 16.0 Å². The van der Waals surface area contributed by atoms with Crippen LogP contribution in [0.3, 0.4) is 0 Å². The second kappa shape index (κ2) is 6.44. The van der Waals surface area contributed by atoms with Crippen LogP contribution in [0.5, 0.6) is 0 Å². The van der Waals surface area contributed by atoms with Gasteiger partial charge in [-0.1, -0.05) is 11.8 Å². The molecule has 1 amide bonds. The lowest BCUT2D eigenvalue weighted by atomic mass is 10.0. The number of alkyl halides is 3. The Morgan fingerprint density at radius 2 is 2.05 bits per heavy atom. The molecule has 0 aromatic heterocycles. The molecule has 0 saturated carbocycles. The highest BCUT2D eigenvalue weighted by Gasteiger charge is 2.31. The van der Waals surface area contributed by atoms with Crippen LogP contribution >= 0.6 is 0 Å². The number of carbonyl (C=O) groups excluding carboxylic acids is 1. The lowest BCUT2D eigenvalue weighted by molar-refractivity contribution is -0.138. The van der Waals surface area contributed by atoms with E-state index < -0.39 is 18.6 Å². The Labute approximate surface area is 115 Å². The molecule has 0 aliphatic carbocycles. The van der Waals surface area contributed by atoms with Crippen molar-refractivity contribution in [2.75, 3.05) is 20.2 Å². The van der Waals surface area contributed by atoms with Gasteiger partial charge in [-0.2, -0.15) is 13.2 Å². The maximum atomic E-state index is 12.2. The number of nitrogens with zero attached hydrogens (tertiary/aromatic N) is 1. The Kier molecular flexibility index (Phi) is 5.17. The smallest absolute Gasteiger partial charge is 0.384 e. The first kappa shape index (κ1) is 16.1. The van der Waals surface area contributed by atoms with Crippen LogP contribution in [-0.4, -0.2) is 42.3 Å². The molecule has 1 aromatic carbocycles. The summed E-state index contributed by atoms with van der Waals surface area (Å²) in [5.41, 5.74) is 1.45. The van der Waals surface area contributed by atoms with Crippen LogP contribution in [0.1, 0.15) is 21.5 Å². The highest BCUT2D eigenvalue weighted by atomic mass is 19.4. The third-order valence-electron chi connectivity index (χ3n) is 2.54. The predicted octanol–water partition coefficient (Wildman–Crippen LogP) is 1.97. The van der Waals surface area contributed by atoms with Crippen molar-refractivity contribution in [3.63, 3.8) is 0 Å². The van der Waals surface area contributed by atoms with Gasteiger partial charge >= 0.3 is 6.18 Å². The van der Waals surface area contributed by atoms with Crippen molar-refractivity contribution in [1.82, 2.24) is 4.90 Å². The molecule has 0 saturated heterocycles. The fourth-order valence-electron chi connectivity index (χ4n) is 1.63. The number of benzene rings is 1. The van der Waals surface area contributed by atoms with Gasteiger partial charge in [0.05, 0.1) is 0 Å². The van der Waals surface area contributed by atoms with Gasteiger partial charge in [0.25, 0.3) is 5.91 Å². The van der Waals surface area contributed by atoms with Crippen LogP contribution in [0.25, 0.3) is 0 Å². The van der Waals surface area contributed by atoms with Gasteiger partial charge in [-0.05, 0) is 30.7 Å². The van der Waals surface area contributed by atoms with E-state index in [0.717, 1.165) is 7.05 Å². The van der Waals surface area contributed by atoms with Crippen molar-refractivity contribution in [2.45, 2.75) is 13.1 Å². The molecule has 0 aliphatic rings. The van der Waals surface area contributed by atoms with Gasteiger partial charge in [-0.3, -0.25) is 4.79 Å². The number of aliphatic hydroxyl groups is 1. The minimum Gasteiger partial charge on any atom is -0.384 e. The second-order valence-corrected chi connectivity index (χ2v) is 4.27. The van der Waals surface area contributed by atoms with Gasteiger partial charge in [0, 0.05) is 18.2 Å². The van der Waals surface area contributed by atoms with Crippen molar-refractivity contribution >= 4 is 5.91 Å². The van der Waals surface area contributed by atoms with E-state index in [9.17, 15) is 18.0 Å². The molecular formula is C14H14F3NO2. The standard InChI is InChI=1S/C14H14F3NO2/c1-10-8-12(6-5-11(10)4-3-7-19)13(20)18(2)9-14(15,16)17/h5-6,8,19H,7,9H2,1-2H3. The topological polar surface area (TPSA) is 40.5 Å². The molecule has 0 atom stereocenters. The van der Waals surface area contributed by atoms with Crippen LogP contribution in [0.4, 0.5) is 13.2 Å². The molecule has 3 nitrogen and oxygen atoms in total. The predicted molar refractivity (Wildman–Crippen MR) is 68.2 cm³/mol. The molecule has 0 heterocycles. The van der Waals surface area contributed by atoms with Crippen molar-refractivity contribution < 1.29 is 23.1 Å². The summed E-state index contributed by atoms with van der Waals surface area (Å²) in [5, 5.41) is 8.60. The molecule has 6 heteroatoms. The number of aryl methyl sites for hydroxylation is 1. The molecule has 1 N–H and O–H groups in total. The Bertz CT molecular complexity index is 556. The zero-order valence-electron chi connectivity index (χ0n) is 11.1. The normalized spacial score (nSPS) is 10.7. The minimum absolute atomic E-state index is 0.170. The van der Waals surface area contributed by atoms with Crippen molar-refractivity contribution in [3.8, 4) is 11.8 Å². The number of hydrogen-bond donors (Lipinski definition) is 1. The van der Waals surface area contributed by atoms with Crippen molar-refractivity contribution in [2.24, 2.45) is 0 Å². The lowest BCUT2D eigenvalue weighted by Crippen LogP contribution is -2.35. The van der Waals surface area contributed by atoms with E-state index >= 15 is 0 Å². The molecule has 108 valence electrons. The highest BCUT2D eigenvalue weighted by molar-refractivity contribution is 5.94. The Morgan fingerprint density at radius 1 is 1.40 bits per heavy atom. The van der Waals surface area contributed by atoms with E-state index in [1.807, 2.05) is 0 Å². The zero-order valence-corrected chi connectivity index (χ0v) is 11.1. The highest BCUT2D eigenvalue weighted by Crippen LogP contribution is 2.18. The number of carbonyl (C=O) groups is 1. The molecule has 0 radical (unpaired) electrons. The van der Waals surface area contributed by atoms with Crippen LogP contribution in [-0.2, 0) is 0 Å². The number of amides is 1. The van der Waals surface area contributed by atoms with Gasteiger partial charge in [0.2, 0.25) is 0 Å². The van der Waals surface area contributed by atoms with Crippen LogP contribution in [0.2, 0.25) is 0 Å². The molecular weight excluding hydrogens is 271 g/mol. The molecule has 0 unspecified atom stereocenters. The SMILES string of the molecule is Cc1cc(C(=O)N(C)CC(F)(F)F)ccc1C#CCO. The van der Waals surface area contributed by atoms with Gasteiger partial charge < -0.3 is 10.0 Å². The van der Waals surface area contributed by atoms with Gasteiger partial charge in [-0.25, -0.2) is 0 Å². The molecule has 0 bridgehead atoms. The molecule has 0 spiro atoms.